The number of hydrogen-bond donors (Lipinski definition) is 0. The predicted octanol–water partition coefficient (Wildman–Crippen LogP) is 15.7. The molecule has 0 heteroatoms. The average Bonchev–Trinajstić information content (AvgIpc) is 3.51. The Kier molecular flexibility index (Phi) is 6.26. The summed E-state index contributed by atoms with van der Waals surface area (Å²) in [5.41, 5.74) is 17.9. The van der Waals surface area contributed by atoms with Crippen LogP contribution in [0, 0.1) is 0 Å². The fourth-order valence-corrected chi connectivity index (χ4v) is 10.6. The molecule has 9 aromatic rings. The molecule has 0 saturated heterocycles. The summed E-state index contributed by atoms with van der Waals surface area (Å²) in [5, 5.41) is 13.5. The average molecular weight is 717 g/mol. The number of benzene rings is 9. The second-order valence-electron chi connectivity index (χ2n) is 18.8. The van der Waals surface area contributed by atoms with E-state index in [0.717, 1.165) is 6.42 Å². The molecule has 0 aliphatic heterocycles. The molecule has 9 aromatic carbocycles. The summed E-state index contributed by atoms with van der Waals surface area (Å²) < 4.78 is 0. The molecule has 0 fully saturated rings. The van der Waals surface area contributed by atoms with Gasteiger partial charge in [-0.1, -0.05) is 169 Å². The fraction of sp³-hybridized carbons (Fsp3) is 0.179. The van der Waals surface area contributed by atoms with E-state index in [2.05, 4.69) is 181 Å². The topological polar surface area (TPSA) is 0 Å². The summed E-state index contributed by atoms with van der Waals surface area (Å²) in [6, 6.07) is 47.6. The van der Waals surface area contributed by atoms with Gasteiger partial charge in [-0.05, 0) is 156 Å². The minimum absolute atomic E-state index is 0.0790. The van der Waals surface area contributed by atoms with Crippen molar-refractivity contribution in [2.24, 2.45) is 0 Å². The maximum absolute atomic E-state index is 2.55. The van der Waals surface area contributed by atoms with Gasteiger partial charge in [-0.25, -0.2) is 0 Å². The zero-order valence-corrected chi connectivity index (χ0v) is 33.1. The van der Waals surface area contributed by atoms with E-state index in [0.29, 0.717) is 5.92 Å². The second-order valence-corrected chi connectivity index (χ2v) is 18.8. The molecule has 0 spiro atoms. The smallest absolute Gasteiger partial charge is 0.00686 e. The minimum Gasteiger partial charge on any atom is -0.0760 e. The summed E-state index contributed by atoms with van der Waals surface area (Å²) in [6.07, 6.45) is 8.41. The van der Waals surface area contributed by atoms with Crippen molar-refractivity contribution in [2.75, 3.05) is 0 Å². The minimum atomic E-state index is 0.0790. The normalized spacial score (nSPS) is 15.8. The number of rotatable bonds is 2. The molecule has 0 bridgehead atoms. The van der Waals surface area contributed by atoms with Crippen molar-refractivity contribution in [3.63, 3.8) is 0 Å². The first-order valence-electron chi connectivity index (χ1n) is 20.4. The van der Waals surface area contributed by atoms with E-state index in [4.69, 9.17) is 0 Å². The monoisotopic (exact) mass is 716 g/mol. The lowest BCUT2D eigenvalue weighted by molar-refractivity contribution is 0.591. The van der Waals surface area contributed by atoms with Gasteiger partial charge >= 0.3 is 0 Å². The first kappa shape index (κ1) is 32.3. The molecule has 0 heterocycles. The van der Waals surface area contributed by atoms with Crippen LogP contribution in [0.4, 0.5) is 0 Å². The molecular weight excluding hydrogens is 673 g/mol. The van der Waals surface area contributed by atoms with Gasteiger partial charge in [0.1, 0.15) is 0 Å². The van der Waals surface area contributed by atoms with Crippen LogP contribution in [0.5, 0.6) is 0 Å². The van der Waals surface area contributed by atoms with Crippen LogP contribution >= 0.6 is 0 Å². The maximum atomic E-state index is 2.55. The molecule has 0 radical (unpaired) electrons. The highest BCUT2D eigenvalue weighted by Gasteiger charge is 2.31. The van der Waals surface area contributed by atoms with Crippen LogP contribution < -0.4 is 0 Å². The van der Waals surface area contributed by atoms with E-state index in [1.54, 1.807) is 0 Å². The van der Waals surface area contributed by atoms with Crippen molar-refractivity contribution in [2.45, 2.75) is 64.7 Å². The van der Waals surface area contributed by atoms with Crippen molar-refractivity contribution in [3.05, 3.63) is 167 Å². The third-order valence-electron chi connectivity index (χ3n) is 13.5. The van der Waals surface area contributed by atoms with Gasteiger partial charge in [0.25, 0.3) is 0 Å². The zero-order chi connectivity index (χ0) is 37.8. The van der Waals surface area contributed by atoms with Crippen LogP contribution in [-0.2, 0) is 10.8 Å². The van der Waals surface area contributed by atoms with Crippen LogP contribution in [0.25, 0.3) is 98.9 Å². The van der Waals surface area contributed by atoms with Crippen LogP contribution in [0.3, 0.4) is 0 Å². The van der Waals surface area contributed by atoms with Gasteiger partial charge in [0.15, 0.2) is 0 Å². The first-order chi connectivity index (χ1) is 27.0. The Bertz CT molecular complexity index is 3250. The molecule has 1 unspecified atom stereocenters. The molecule has 3 aliphatic carbocycles. The molecule has 0 amide bonds. The summed E-state index contributed by atoms with van der Waals surface area (Å²) in [7, 11) is 0. The number of hydrogen-bond acceptors (Lipinski definition) is 0. The van der Waals surface area contributed by atoms with Crippen LogP contribution in [-0.4, -0.2) is 0 Å². The quantitative estimate of drug-likeness (QED) is 0.156. The van der Waals surface area contributed by atoms with Gasteiger partial charge in [-0.2, -0.15) is 0 Å². The van der Waals surface area contributed by atoms with E-state index in [1.165, 1.54) is 126 Å². The van der Waals surface area contributed by atoms with Crippen molar-refractivity contribution < 1.29 is 0 Å². The largest absolute Gasteiger partial charge is 0.0760 e. The summed E-state index contributed by atoms with van der Waals surface area (Å²) in [4.78, 5) is 0. The van der Waals surface area contributed by atoms with E-state index >= 15 is 0 Å². The molecule has 3 aliphatic rings. The second kappa shape index (κ2) is 10.9. The Morgan fingerprint density at radius 3 is 1.70 bits per heavy atom. The molecule has 268 valence electrons. The summed E-state index contributed by atoms with van der Waals surface area (Å²) in [5.74, 6) is 0.383. The van der Waals surface area contributed by atoms with E-state index in [1.807, 2.05) is 0 Å². The Hall–Kier alpha value is -5.98. The van der Waals surface area contributed by atoms with Crippen molar-refractivity contribution in [3.8, 4) is 33.4 Å². The van der Waals surface area contributed by atoms with Gasteiger partial charge in [0, 0.05) is 5.92 Å². The van der Waals surface area contributed by atoms with Crippen LogP contribution in [0.1, 0.15) is 87.3 Å². The summed E-state index contributed by atoms with van der Waals surface area (Å²) in [6.45, 7) is 13.9. The summed E-state index contributed by atoms with van der Waals surface area (Å²) >= 11 is 0. The van der Waals surface area contributed by atoms with Gasteiger partial charge < -0.3 is 0 Å². The lowest BCUT2D eigenvalue weighted by atomic mass is 9.72. The Balaban J connectivity index is 1.15. The molecule has 1 atom stereocenters. The maximum Gasteiger partial charge on any atom is 0.00686 e. The van der Waals surface area contributed by atoms with Crippen LogP contribution in [0.15, 0.2) is 133 Å². The fourth-order valence-electron chi connectivity index (χ4n) is 10.6. The van der Waals surface area contributed by atoms with Crippen LogP contribution in [0.2, 0.25) is 0 Å². The molecule has 0 saturated carbocycles. The molecular formula is C56H44. The third-order valence-corrected chi connectivity index (χ3v) is 13.5. The van der Waals surface area contributed by atoms with Gasteiger partial charge in [0.05, 0.1) is 0 Å². The van der Waals surface area contributed by atoms with Crippen molar-refractivity contribution in [1.82, 2.24) is 0 Å². The highest BCUT2D eigenvalue weighted by Crippen LogP contribution is 2.54. The van der Waals surface area contributed by atoms with E-state index in [9.17, 15) is 0 Å². The third kappa shape index (κ3) is 4.36. The van der Waals surface area contributed by atoms with Gasteiger partial charge in [0.2, 0.25) is 0 Å². The lowest BCUT2D eigenvalue weighted by Crippen LogP contribution is -2.14. The highest BCUT2D eigenvalue weighted by atomic mass is 14.3. The van der Waals surface area contributed by atoms with E-state index in [-0.39, 0.29) is 10.8 Å². The molecule has 0 nitrogen and oxygen atoms in total. The Morgan fingerprint density at radius 1 is 0.429 bits per heavy atom. The first-order valence-corrected chi connectivity index (χ1v) is 20.4. The lowest BCUT2D eigenvalue weighted by Gasteiger charge is -2.31. The standard InChI is InChI=1S/C56H44/c1-55(2,3)38-25-34-15-13-32-17-21-40(44-23-19-36(27-38)50(34)53(32)44)46-29-48-42-11-7-9-31-10-8-12-43(52(31)42)49(48)30-47(46)41-22-18-33-14-16-35-26-39(56(4,5)6)28-37-20-24-45(41)54(33)51(35)37/h7-17,19-30,33H,18H2,1-6H3. The SMILES string of the molecule is CC(C)(C)c1cc2c3c4c(ccc3c1)C(c1cc3c(cc1-c1ccc5ccc6cc(C(C)(C)C)cc7ccc1c5c67)-c1cccc5cccc-3c15)=CCC4C=C2. The highest BCUT2D eigenvalue weighted by molar-refractivity contribution is 6.26. The predicted molar refractivity (Wildman–Crippen MR) is 242 cm³/mol. The van der Waals surface area contributed by atoms with E-state index < -0.39 is 0 Å². The number of allylic oxidation sites excluding steroid dienone is 2. The molecule has 12 rings (SSSR count). The number of fused-ring (bicyclic) bond motifs is 3. The van der Waals surface area contributed by atoms with Crippen molar-refractivity contribution in [1.29, 1.82) is 0 Å². The zero-order valence-electron chi connectivity index (χ0n) is 33.1. The Morgan fingerprint density at radius 2 is 0.982 bits per heavy atom. The van der Waals surface area contributed by atoms with Crippen molar-refractivity contribution >= 4 is 65.5 Å². The molecule has 0 N–H and O–H groups in total. The van der Waals surface area contributed by atoms with Gasteiger partial charge in [-0.3, -0.25) is 0 Å². The molecule has 56 heavy (non-hydrogen) atoms. The Labute approximate surface area is 329 Å². The van der Waals surface area contributed by atoms with Gasteiger partial charge in [-0.15, -0.1) is 0 Å². The molecule has 0 aromatic heterocycles.